The third kappa shape index (κ3) is 3.12. The van der Waals surface area contributed by atoms with E-state index < -0.39 is 0 Å². The summed E-state index contributed by atoms with van der Waals surface area (Å²) in [6.45, 7) is 2.80. The lowest BCUT2D eigenvalue weighted by atomic mass is 10.3. The number of nitrogens with two attached hydrogens (primary N) is 1. The van der Waals surface area contributed by atoms with Gasteiger partial charge in [0.25, 0.3) is 0 Å². The average Bonchev–Trinajstić information content (AvgIpc) is 2.19. The van der Waals surface area contributed by atoms with Gasteiger partial charge in [-0.05, 0) is 24.0 Å². The Hall–Kier alpha value is -0.870. The standard InChI is InChI=1S/C10H16N2OS/c1-2-14-10-7-8(12-5-6-13)3-4-9(10)11/h3-4,7,12-13H,2,5-6,11H2,1H3. The zero-order chi connectivity index (χ0) is 10.4. The number of aliphatic hydroxyl groups is 1. The summed E-state index contributed by atoms with van der Waals surface area (Å²) in [7, 11) is 0. The van der Waals surface area contributed by atoms with Gasteiger partial charge in [-0.15, -0.1) is 11.8 Å². The highest BCUT2D eigenvalue weighted by molar-refractivity contribution is 7.99. The molecular formula is C10H16N2OS. The number of nitrogens with one attached hydrogen (secondary N) is 1. The van der Waals surface area contributed by atoms with Crippen LogP contribution in [0, 0.1) is 0 Å². The maximum atomic E-state index is 8.66. The van der Waals surface area contributed by atoms with Gasteiger partial charge < -0.3 is 16.2 Å². The molecule has 3 nitrogen and oxygen atoms in total. The summed E-state index contributed by atoms with van der Waals surface area (Å²) in [6, 6.07) is 5.82. The first-order valence-electron chi connectivity index (χ1n) is 4.65. The van der Waals surface area contributed by atoms with E-state index in [4.69, 9.17) is 10.8 Å². The van der Waals surface area contributed by atoms with E-state index in [2.05, 4.69) is 12.2 Å². The second-order valence-corrected chi connectivity index (χ2v) is 4.14. The van der Waals surface area contributed by atoms with Crippen molar-refractivity contribution in [3.05, 3.63) is 18.2 Å². The lowest BCUT2D eigenvalue weighted by molar-refractivity contribution is 0.311. The fraction of sp³-hybridized carbons (Fsp3) is 0.400. The summed E-state index contributed by atoms with van der Waals surface area (Å²) >= 11 is 1.72. The molecule has 14 heavy (non-hydrogen) atoms. The smallest absolute Gasteiger partial charge is 0.0604 e. The van der Waals surface area contributed by atoms with Crippen LogP contribution in [0.3, 0.4) is 0 Å². The summed E-state index contributed by atoms with van der Waals surface area (Å²) in [6.07, 6.45) is 0. The highest BCUT2D eigenvalue weighted by Gasteiger charge is 2.00. The number of nitrogen functional groups attached to an aromatic ring is 1. The molecule has 1 rings (SSSR count). The molecule has 0 aliphatic heterocycles. The van der Waals surface area contributed by atoms with Crippen molar-refractivity contribution in [3.63, 3.8) is 0 Å². The average molecular weight is 212 g/mol. The highest BCUT2D eigenvalue weighted by Crippen LogP contribution is 2.27. The van der Waals surface area contributed by atoms with Crippen LogP contribution in [-0.4, -0.2) is 24.0 Å². The van der Waals surface area contributed by atoms with E-state index in [-0.39, 0.29) is 6.61 Å². The molecule has 0 amide bonds. The number of anilines is 2. The topological polar surface area (TPSA) is 58.3 Å². The molecule has 0 aromatic heterocycles. The number of hydrogen-bond acceptors (Lipinski definition) is 4. The molecule has 0 saturated carbocycles. The van der Waals surface area contributed by atoms with Crippen molar-refractivity contribution in [2.24, 2.45) is 0 Å². The third-order valence-corrected chi connectivity index (χ3v) is 2.71. The van der Waals surface area contributed by atoms with Gasteiger partial charge in [-0.25, -0.2) is 0 Å². The molecule has 78 valence electrons. The van der Waals surface area contributed by atoms with Gasteiger partial charge in [0.1, 0.15) is 0 Å². The predicted molar refractivity (Wildman–Crippen MR) is 62.8 cm³/mol. The van der Waals surface area contributed by atoms with Crippen LogP contribution in [0.1, 0.15) is 6.92 Å². The molecular weight excluding hydrogens is 196 g/mol. The van der Waals surface area contributed by atoms with Gasteiger partial charge in [-0.2, -0.15) is 0 Å². The fourth-order valence-electron chi connectivity index (χ4n) is 1.13. The first-order chi connectivity index (χ1) is 6.77. The number of aliphatic hydroxyl groups excluding tert-OH is 1. The summed E-state index contributed by atoms with van der Waals surface area (Å²) in [5.74, 6) is 1.01. The summed E-state index contributed by atoms with van der Waals surface area (Å²) in [5, 5.41) is 11.8. The Balaban J connectivity index is 2.72. The minimum atomic E-state index is 0.140. The zero-order valence-electron chi connectivity index (χ0n) is 8.29. The monoisotopic (exact) mass is 212 g/mol. The summed E-state index contributed by atoms with van der Waals surface area (Å²) in [4.78, 5) is 1.09. The van der Waals surface area contributed by atoms with Gasteiger partial charge in [0.15, 0.2) is 0 Å². The molecule has 0 unspecified atom stereocenters. The Bertz CT molecular complexity index is 291. The number of benzene rings is 1. The molecule has 0 bridgehead atoms. The lowest BCUT2D eigenvalue weighted by Gasteiger charge is -2.08. The zero-order valence-corrected chi connectivity index (χ0v) is 9.10. The van der Waals surface area contributed by atoms with E-state index >= 15 is 0 Å². The first-order valence-corrected chi connectivity index (χ1v) is 5.63. The lowest BCUT2D eigenvalue weighted by Crippen LogP contribution is -2.05. The van der Waals surface area contributed by atoms with Crippen LogP contribution in [0.15, 0.2) is 23.1 Å². The molecule has 0 spiro atoms. The fourth-order valence-corrected chi connectivity index (χ4v) is 1.88. The van der Waals surface area contributed by atoms with E-state index in [9.17, 15) is 0 Å². The van der Waals surface area contributed by atoms with Crippen LogP contribution in [0.5, 0.6) is 0 Å². The van der Waals surface area contributed by atoms with Crippen molar-refractivity contribution in [3.8, 4) is 0 Å². The van der Waals surface area contributed by atoms with Gasteiger partial charge in [0.05, 0.1) is 6.61 Å². The van der Waals surface area contributed by atoms with Crippen molar-refractivity contribution >= 4 is 23.1 Å². The molecule has 0 atom stereocenters. The summed E-state index contributed by atoms with van der Waals surface area (Å²) in [5.41, 5.74) is 7.62. The molecule has 1 aromatic carbocycles. The molecule has 0 radical (unpaired) electrons. The Kier molecular flexibility index (Phi) is 4.62. The second kappa shape index (κ2) is 5.78. The molecule has 0 saturated heterocycles. The maximum Gasteiger partial charge on any atom is 0.0604 e. The van der Waals surface area contributed by atoms with Gasteiger partial charge in [0, 0.05) is 22.8 Å². The second-order valence-electron chi connectivity index (χ2n) is 2.84. The van der Waals surface area contributed by atoms with Crippen LogP contribution < -0.4 is 11.1 Å². The van der Waals surface area contributed by atoms with Crippen LogP contribution in [0.25, 0.3) is 0 Å². The number of hydrogen-bond donors (Lipinski definition) is 3. The minimum absolute atomic E-state index is 0.140. The van der Waals surface area contributed by atoms with E-state index in [1.165, 1.54) is 0 Å². The van der Waals surface area contributed by atoms with Gasteiger partial charge in [-0.1, -0.05) is 6.92 Å². The quantitative estimate of drug-likeness (QED) is 0.514. The van der Waals surface area contributed by atoms with E-state index in [1.54, 1.807) is 11.8 Å². The first kappa shape index (κ1) is 11.2. The van der Waals surface area contributed by atoms with Crippen LogP contribution in [-0.2, 0) is 0 Å². The molecule has 0 aliphatic rings. The van der Waals surface area contributed by atoms with Gasteiger partial charge >= 0.3 is 0 Å². The van der Waals surface area contributed by atoms with Crippen LogP contribution in [0.4, 0.5) is 11.4 Å². The minimum Gasteiger partial charge on any atom is -0.398 e. The van der Waals surface area contributed by atoms with Crippen molar-refractivity contribution in [2.75, 3.05) is 30.0 Å². The SMILES string of the molecule is CCSc1cc(NCCO)ccc1N. The molecule has 4 N–H and O–H groups in total. The van der Waals surface area contributed by atoms with E-state index in [0.29, 0.717) is 6.54 Å². The normalized spacial score (nSPS) is 10.1. The molecule has 0 heterocycles. The van der Waals surface area contributed by atoms with Crippen molar-refractivity contribution < 1.29 is 5.11 Å². The van der Waals surface area contributed by atoms with E-state index in [1.807, 2.05) is 18.2 Å². The summed E-state index contributed by atoms with van der Waals surface area (Å²) < 4.78 is 0. The number of rotatable bonds is 5. The van der Waals surface area contributed by atoms with Crippen LogP contribution in [0.2, 0.25) is 0 Å². The van der Waals surface area contributed by atoms with E-state index in [0.717, 1.165) is 22.0 Å². The predicted octanol–water partition coefficient (Wildman–Crippen LogP) is 1.78. The van der Waals surface area contributed by atoms with Crippen molar-refractivity contribution in [2.45, 2.75) is 11.8 Å². The Morgan fingerprint density at radius 3 is 2.93 bits per heavy atom. The van der Waals surface area contributed by atoms with Crippen LogP contribution >= 0.6 is 11.8 Å². The Morgan fingerprint density at radius 1 is 1.50 bits per heavy atom. The Morgan fingerprint density at radius 2 is 2.29 bits per heavy atom. The molecule has 0 fully saturated rings. The van der Waals surface area contributed by atoms with Crippen molar-refractivity contribution in [1.82, 2.24) is 0 Å². The molecule has 0 aliphatic carbocycles. The largest absolute Gasteiger partial charge is 0.398 e. The van der Waals surface area contributed by atoms with Gasteiger partial charge in [0.2, 0.25) is 0 Å². The Labute approximate surface area is 88.7 Å². The molecule has 4 heteroatoms. The third-order valence-electron chi connectivity index (χ3n) is 1.75. The highest BCUT2D eigenvalue weighted by atomic mass is 32.2. The van der Waals surface area contributed by atoms with Crippen molar-refractivity contribution in [1.29, 1.82) is 0 Å². The number of thioether (sulfide) groups is 1. The van der Waals surface area contributed by atoms with Gasteiger partial charge in [-0.3, -0.25) is 0 Å². The maximum absolute atomic E-state index is 8.66. The molecule has 1 aromatic rings.